The molecule has 0 spiro atoms. The van der Waals surface area contributed by atoms with Gasteiger partial charge < -0.3 is 14.8 Å². The summed E-state index contributed by atoms with van der Waals surface area (Å²) < 4.78 is 10.0. The second-order valence-corrected chi connectivity index (χ2v) is 6.38. The Hall–Kier alpha value is -3.24. The van der Waals surface area contributed by atoms with Gasteiger partial charge in [-0.2, -0.15) is 9.90 Å². The van der Waals surface area contributed by atoms with Crippen LogP contribution in [0.2, 0.25) is 0 Å². The molecule has 146 valence electrons. The molecule has 2 N–H and O–H groups in total. The molecule has 0 unspecified atom stereocenters. The number of aromatic nitrogens is 6. The monoisotopic (exact) mass is 377 g/mol. The zero-order valence-electron chi connectivity index (χ0n) is 15.9. The molecule has 27 heavy (non-hydrogen) atoms. The number of carbonyl (C=O) groups is 2. The van der Waals surface area contributed by atoms with E-state index in [0.717, 1.165) is 0 Å². The van der Waals surface area contributed by atoms with E-state index in [9.17, 15) is 9.59 Å². The predicted octanol–water partition coefficient (Wildman–Crippen LogP) is 1.34. The molecule has 0 amide bonds. The van der Waals surface area contributed by atoms with Crippen molar-refractivity contribution < 1.29 is 19.1 Å². The highest BCUT2D eigenvalue weighted by atomic mass is 16.5. The van der Waals surface area contributed by atoms with E-state index in [1.165, 1.54) is 17.2 Å². The van der Waals surface area contributed by atoms with Gasteiger partial charge in [-0.1, -0.05) is 0 Å². The van der Waals surface area contributed by atoms with Crippen LogP contribution in [0.3, 0.4) is 0 Å². The van der Waals surface area contributed by atoms with Crippen LogP contribution >= 0.6 is 0 Å². The van der Waals surface area contributed by atoms with Crippen molar-refractivity contribution in [3.05, 3.63) is 23.8 Å². The molecule has 0 aliphatic rings. The Morgan fingerprint density at radius 2 is 1.96 bits per heavy atom. The van der Waals surface area contributed by atoms with Gasteiger partial charge >= 0.3 is 11.9 Å². The van der Waals surface area contributed by atoms with Crippen molar-refractivity contribution in [2.45, 2.75) is 40.2 Å². The number of nitrogens with one attached hydrogen (secondary N) is 2. The third-order valence-electron chi connectivity index (χ3n) is 3.25. The van der Waals surface area contributed by atoms with E-state index < -0.39 is 17.5 Å². The standard InChI is InChI=1S/C16H23N7O4/c1-6-26-14(24)10(13-20-22-23(21-13)16(3,4)5)8-17-12-11(9-18-19-12)15(25)27-7-2/h8-9H,6-7H2,1-5H3,(H2,17,18,19)/b10-8-. The largest absolute Gasteiger partial charge is 0.462 e. The van der Waals surface area contributed by atoms with Gasteiger partial charge in [-0.05, 0) is 39.8 Å². The van der Waals surface area contributed by atoms with Crippen molar-refractivity contribution in [2.24, 2.45) is 0 Å². The van der Waals surface area contributed by atoms with E-state index in [0.29, 0.717) is 0 Å². The molecule has 0 bridgehead atoms. The van der Waals surface area contributed by atoms with Crippen LogP contribution in [-0.2, 0) is 19.8 Å². The number of esters is 2. The van der Waals surface area contributed by atoms with Crippen molar-refractivity contribution >= 4 is 23.3 Å². The first-order valence-electron chi connectivity index (χ1n) is 8.43. The lowest BCUT2D eigenvalue weighted by molar-refractivity contribution is -0.136. The first kappa shape index (κ1) is 20.1. The van der Waals surface area contributed by atoms with Crippen molar-refractivity contribution in [2.75, 3.05) is 18.5 Å². The number of hydrogen-bond donors (Lipinski definition) is 2. The zero-order chi connectivity index (χ0) is 20.0. The van der Waals surface area contributed by atoms with E-state index in [2.05, 4.69) is 30.9 Å². The topological polar surface area (TPSA) is 137 Å². The van der Waals surface area contributed by atoms with Gasteiger partial charge in [0.15, 0.2) is 0 Å². The highest BCUT2D eigenvalue weighted by Gasteiger charge is 2.23. The van der Waals surface area contributed by atoms with Gasteiger partial charge in [-0.25, -0.2) is 9.59 Å². The van der Waals surface area contributed by atoms with Crippen LogP contribution < -0.4 is 5.32 Å². The number of anilines is 1. The van der Waals surface area contributed by atoms with E-state index in [1.54, 1.807) is 13.8 Å². The quantitative estimate of drug-likeness (QED) is 0.541. The van der Waals surface area contributed by atoms with Crippen LogP contribution in [0.5, 0.6) is 0 Å². The van der Waals surface area contributed by atoms with Gasteiger partial charge in [0.05, 0.1) is 24.9 Å². The average molecular weight is 377 g/mol. The molecule has 11 heteroatoms. The summed E-state index contributed by atoms with van der Waals surface area (Å²) >= 11 is 0. The first-order valence-corrected chi connectivity index (χ1v) is 8.43. The highest BCUT2D eigenvalue weighted by molar-refractivity contribution is 6.15. The van der Waals surface area contributed by atoms with Crippen molar-refractivity contribution in [1.82, 2.24) is 30.4 Å². The highest BCUT2D eigenvalue weighted by Crippen LogP contribution is 2.17. The third kappa shape index (κ3) is 4.90. The summed E-state index contributed by atoms with van der Waals surface area (Å²) in [5.41, 5.74) is -0.154. The van der Waals surface area contributed by atoms with Crippen molar-refractivity contribution in [1.29, 1.82) is 0 Å². The van der Waals surface area contributed by atoms with Crippen LogP contribution in [0, 0.1) is 0 Å². The maximum Gasteiger partial charge on any atom is 0.343 e. The van der Waals surface area contributed by atoms with E-state index in [4.69, 9.17) is 9.47 Å². The second kappa shape index (κ2) is 8.43. The molecular formula is C16H23N7O4. The Kier molecular flexibility index (Phi) is 6.27. The van der Waals surface area contributed by atoms with E-state index in [-0.39, 0.29) is 36.0 Å². The van der Waals surface area contributed by atoms with Gasteiger partial charge in [0.2, 0.25) is 5.82 Å². The number of H-pyrrole nitrogens is 1. The normalized spacial score (nSPS) is 12.0. The smallest absolute Gasteiger partial charge is 0.343 e. The summed E-state index contributed by atoms with van der Waals surface area (Å²) in [6, 6.07) is 0. The number of ether oxygens (including phenoxy) is 2. The minimum atomic E-state index is -0.629. The lowest BCUT2D eigenvalue weighted by atomic mass is 10.1. The summed E-state index contributed by atoms with van der Waals surface area (Å²) in [6.07, 6.45) is 2.66. The lowest BCUT2D eigenvalue weighted by Crippen LogP contribution is -2.24. The van der Waals surface area contributed by atoms with Crippen LogP contribution in [0.1, 0.15) is 50.8 Å². The fourth-order valence-electron chi connectivity index (χ4n) is 1.93. The molecule has 0 saturated heterocycles. The van der Waals surface area contributed by atoms with Crippen LogP contribution in [0.15, 0.2) is 12.4 Å². The Labute approximate surface area is 156 Å². The van der Waals surface area contributed by atoms with Crippen LogP contribution in [0.4, 0.5) is 5.82 Å². The zero-order valence-corrected chi connectivity index (χ0v) is 15.9. The number of nitrogens with zero attached hydrogens (tertiary/aromatic N) is 5. The fraction of sp³-hybridized carbons (Fsp3) is 0.500. The SMILES string of the molecule is CCOC(=O)/C(=C\Nc1[nH]ncc1C(=O)OCC)c1nnn(C(C)(C)C)n1. The molecule has 0 aromatic carbocycles. The molecule has 2 heterocycles. The third-order valence-corrected chi connectivity index (χ3v) is 3.25. The van der Waals surface area contributed by atoms with Crippen molar-refractivity contribution in [3.8, 4) is 0 Å². The van der Waals surface area contributed by atoms with Gasteiger partial charge in [-0.15, -0.1) is 10.2 Å². The summed E-state index contributed by atoms with van der Waals surface area (Å²) in [5, 5.41) is 21.4. The molecule has 2 aromatic rings. The van der Waals surface area contributed by atoms with E-state index in [1.807, 2.05) is 20.8 Å². The Bertz CT molecular complexity index is 832. The minimum Gasteiger partial charge on any atom is -0.462 e. The molecule has 0 aliphatic heterocycles. The molecule has 2 rings (SSSR count). The Morgan fingerprint density at radius 3 is 2.56 bits per heavy atom. The van der Waals surface area contributed by atoms with Gasteiger partial charge in [-0.3, -0.25) is 5.10 Å². The van der Waals surface area contributed by atoms with Gasteiger partial charge in [0.1, 0.15) is 17.0 Å². The summed E-state index contributed by atoms with van der Waals surface area (Å²) in [4.78, 5) is 25.6. The molecule has 0 radical (unpaired) electrons. The lowest BCUT2D eigenvalue weighted by Gasteiger charge is -2.15. The number of aromatic amines is 1. The molecule has 11 nitrogen and oxygen atoms in total. The maximum absolute atomic E-state index is 12.3. The van der Waals surface area contributed by atoms with Crippen LogP contribution in [0.25, 0.3) is 5.57 Å². The van der Waals surface area contributed by atoms with Crippen molar-refractivity contribution in [3.63, 3.8) is 0 Å². The maximum atomic E-state index is 12.3. The molecule has 0 fully saturated rings. The molecular weight excluding hydrogens is 354 g/mol. The second-order valence-electron chi connectivity index (χ2n) is 6.38. The number of hydrogen-bond acceptors (Lipinski definition) is 9. The first-order chi connectivity index (χ1) is 12.8. The van der Waals surface area contributed by atoms with E-state index >= 15 is 0 Å². The summed E-state index contributed by atoms with van der Waals surface area (Å²) in [5.74, 6) is -0.821. The van der Waals surface area contributed by atoms with Crippen LogP contribution in [-0.4, -0.2) is 55.6 Å². The Balaban J connectivity index is 2.33. The average Bonchev–Trinajstić information content (AvgIpc) is 3.24. The van der Waals surface area contributed by atoms with Gasteiger partial charge in [0, 0.05) is 6.20 Å². The Morgan fingerprint density at radius 1 is 1.26 bits per heavy atom. The van der Waals surface area contributed by atoms with Gasteiger partial charge in [0.25, 0.3) is 0 Å². The molecule has 0 atom stereocenters. The fourth-order valence-corrected chi connectivity index (χ4v) is 1.93. The predicted molar refractivity (Wildman–Crippen MR) is 95.6 cm³/mol. The summed E-state index contributed by atoms with van der Waals surface area (Å²) in [7, 11) is 0. The number of carbonyl (C=O) groups excluding carboxylic acids is 2. The minimum absolute atomic E-state index is 0.0526. The summed E-state index contributed by atoms with van der Waals surface area (Å²) in [6.45, 7) is 9.52. The molecule has 0 aliphatic carbocycles. The number of rotatable bonds is 7. The molecule has 0 saturated carbocycles. The number of tetrazole rings is 1. The molecule has 2 aromatic heterocycles.